The normalized spacial score (nSPS) is 22.6. The maximum atomic E-state index is 15.4. The zero-order chi connectivity index (χ0) is 13.9. The number of ether oxygens (including phenoxy) is 2. The molecule has 1 fully saturated rings. The Morgan fingerprint density at radius 3 is 2.37 bits per heavy atom. The van der Waals surface area contributed by atoms with Crippen molar-refractivity contribution in [2.24, 2.45) is 5.92 Å². The molecule has 2 rings (SSSR count). The minimum atomic E-state index is -1.47. The van der Waals surface area contributed by atoms with Crippen molar-refractivity contribution in [3.05, 3.63) is 23.8 Å². The van der Waals surface area contributed by atoms with Gasteiger partial charge >= 0.3 is 0 Å². The molecule has 0 saturated carbocycles. The maximum absolute atomic E-state index is 15.4. The van der Waals surface area contributed by atoms with Crippen molar-refractivity contribution in [1.29, 1.82) is 0 Å². The van der Waals surface area contributed by atoms with Gasteiger partial charge in [0.1, 0.15) is 17.2 Å². The summed E-state index contributed by atoms with van der Waals surface area (Å²) < 4.78 is 26.1. The molecule has 0 aliphatic carbocycles. The first-order valence-electron chi connectivity index (χ1n) is 6.72. The van der Waals surface area contributed by atoms with E-state index >= 15 is 4.39 Å². The third-order valence-electron chi connectivity index (χ3n) is 3.98. The van der Waals surface area contributed by atoms with Gasteiger partial charge in [-0.25, -0.2) is 4.39 Å². The van der Waals surface area contributed by atoms with E-state index in [1.807, 2.05) is 6.07 Å². The highest BCUT2D eigenvalue weighted by molar-refractivity contribution is 5.48. The third kappa shape index (κ3) is 2.68. The van der Waals surface area contributed by atoms with Crippen LogP contribution in [0, 0.1) is 5.92 Å². The number of benzene rings is 1. The Morgan fingerprint density at radius 2 is 1.89 bits per heavy atom. The lowest BCUT2D eigenvalue weighted by atomic mass is 9.79. The average molecular weight is 267 g/mol. The first kappa shape index (κ1) is 14.1. The largest absolute Gasteiger partial charge is 0.496 e. The highest BCUT2D eigenvalue weighted by atomic mass is 19.1. The topological polar surface area (TPSA) is 30.5 Å². The Kier molecular flexibility index (Phi) is 4.30. The molecule has 0 radical (unpaired) electrons. The zero-order valence-corrected chi connectivity index (χ0v) is 11.8. The van der Waals surface area contributed by atoms with Crippen molar-refractivity contribution in [2.45, 2.75) is 25.4 Å². The van der Waals surface area contributed by atoms with Gasteiger partial charge in [-0.15, -0.1) is 0 Å². The van der Waals surface area contributed by atoms with E-state index < -0.39 is 5.67 Å². The van der Waals surface area contributed by atoms with Crippen molar-refractivity contribution in [3.8, 4) is 11.5 Å². The van der Waals surface area contributed by atoms with Gasteiger partial charge in [0.15, 0.2) is 0 Å². The number of rotatable bonds is 4. The second kappa shape index (κ2) is 5.78. The SMILES string of the molecule is COc1cccc(OC)c1C(C)(F)C1CCCNC1. The highest BCUT2D eigenvalue weighted by Gasteiger charge is 2.41. The van der Waals surface area contributed by atoms with Gasteiger partial charge in [-0.05, 0) is 38.4 Å². The number of alkyl halides is 1. The fourth-order valence-corrected chi connectivity index (χ4v) is 2.85. The lowest BCUT2D eigenvalue weighted by molar-refractivity contribution is 0.0753. The average Bonchev–Trinajstić information content (AvgIpc) is 2.47. The summed E-state index contributed by atoms with van der Waals surface area (Å²) in [6.07, 6.45) is 1.88. The van der Waals surface area contributed by atoms with Gasteiger partial charge in [-0.1, -0.05) is 6.07 Å². The van der Waals surface area contributed by atoms with Gasteiger partial charge in [-0.3, -0.25) is 0 Å². The van der Waals surface area contributed by atoms with E-state index in [1.165, 1.54) is 0 Å². The molecule has 1 saturated heterocycles. The summed E-state index contributed by atoms with van der Waals surface area (Å²) in [5.41, 5.74) is -0.945. The quantitative estimate of drug-likeness (QED) is 0.910. The van der Waals surface area contributed by atoms with Crippen LogP contribution in [0.15, 0.2) is 18.2 Å². The number of hydrogen-bond acceptors (Lipinski definition) is 3. The molecule has 2 atom stereocenters. The molecule has 1 aliphatic heterocycles. The van der Waals surface area contributed by atoms with Crippen LogP contribution in [0.2, 0.25) is 0 Å². The van der Waals surface area contributed by atoms with Crippen LogP contribution >= 0.6 is 0 Å². The smallest absolute Gasteiger partial charge is 0.144 e. The predicted octanol–water partition coefficient (Wildman–Crippen LogP) is 2.89. The van der Waals surface area contributed by atoms with E-state index in [0.29, 0.717) is 23.6 Å². The molecule has 2 unspecified atom stereocenters. The van der Waals surface area contributed by atoms with E-state index in [4.69, 9.17) is 9.47 Å². The summed E-state index contributed by atoms with van der Waals surface area (Å²) in [5.74, 6) is 1.04. The molecule has 0 bridgehead atoms. The first-order chi connectivity index (χ1) is 9.11. The van der Waals surface area contributed by atoms with E-state index in [2.05, 4.69) is 5.32 Å². The van der Waals surface area contributed by atoms with Crippen LogP contribution in [0.5, 0.6) is 11.5 Å². The number of piperidine rings is 1. The molecule has 1 aromatic rings. The summed E-state index contributed by atoms with van der Waals surface area (Å²) in [6, 6.07) is 5.38. The Hall–Kier alpha value is -1.29. The van der Waals surface area contributed by atoms with Crippen LogP contribution in [0.3, 0.4) is 0 Å². The molecule has 1 aromatic carbocycles. The van der Waals surface area contributed by atoms with E-state index in [1.54, 1.807) is 33.3 Å². The maximum Gasteiger partial charge on any atom is 0.144 e. The zero-order valence-electron chi connectivity index (χ0n) is 11.8. The van der Waals surface area contributed by atoms with Crippen molar-refractivity contribution in [2.75, 3.05) is 27.3 Å². The van der Waals surface area contributed by atoms with Crippen molar-refractivity contribution >= 4 is 0 Å². The van der Waals surface area contributed by atoms with Gasteiger partial charge in [0, 0.05) is 12.5 Å². The number of nitrogens with one attached hydrogen (secondary N) is 1. The van der Waals surface area contributed by atoms with Crippen LogP contribution in [-0.4, -0.2) is 27.3 Å². The molecule has 0 spiro atoms. The van der Waals surface area contributed by atoms with Crippen LogP contribution in [-0.2, 0) is 5.67 Å². The molecule has 0 amide bonds. The lowest BCUT2D eigenvalue weighted by Gasteiger charge is -2.35. The monoisotopic (exact) mass is 267 g/mol. The molecule has 4 heteroatoms. The second-order valence-corrected chi connectivity index (χ2v) is 5.16. The summed E-state index contributed by atoms with van der Waals surface area (Å²) in [7, 11) is 3.13. The fraction of sp³-hybridized carbons (Fsp3) is 0.600. The number of halogens is 1. The lowest BCUT2D eigenvalue weighted by Crippen LogP contribution is -2.40. The Morgan fingerprint density at radius 1 is 1.26 bits per heavy atom. The summed E-state index contributed by atoms with van der Waals surface area (Å²) in [5, 5.41) is 3.26. The minimum absolute atomic E-state index is 0.0635. The molecule has 106 valence electrons. The van der Waals surface area contributed by atoms with Crippen molar-refractivity contribution in [1.82, 2.24) is 5.32 Å². The van der Waals surface area contributed by atoms with Gasteiger partial charge in [0.05, 0.1) is 19.8 Å². The van der Waals surface area contributed by atoms with Crippen LogP contribution in [0.4, 0.5) is 4.39 Å². The standard InChI is InChI=1S/C15H22FNO2/c1-15(16,11-6-5-9-17-10-11)14-12(18-2)7-4-8-13(14)19-3/h4,7-8,11,17H,5-6,9-10H2,1-3H3. The molecule has 1 aliphatic rings. The van der Waals surface area contributed by atoms with Crippen LogP contribution < -0.4 is 14.8 Å². The van der Waals surface area contributed by atoms with E-state index in [9.17, 15) is 0 Å². The molecule has 3 nitrogen and oxygen atoms in total. The van der Waals surface area contributed by atoms with E-state index in [-0.39, 0.29) is 5.92 Å². The highest BCUT2D eigenvalue weighted by Crippen LogP contribution is 2.46. The molecule has 1 N–H and O–H groups in total. The Labute approximate surface area is 114 Å². The predicted molar refractivity (Wildman–Crippen MR) is 73.6 cm³/mol. The Bertz CT molecular complexity index is 406. The van der Waals surface area contributed by atoms with Gasteiger partial charge < -0.3 is 14.8 Å². The minimum Gasteiger partial charge on any atom is -0.496 e. The van der Waals surface area contributed by atoms with Crippen LogP contribution in [0.1, 0.15) is 25.3 Å². The van der Waals surface area contributed by atoms with E-state index in [0.717, 1.165) is 19.4 Å². The second-order valence-electron chi connectivity index (χ2n) is 5.16. The van der Waals surface area contributed by atoms with Gasteiger partial charge in [-0.2, -0.15) is 0 Å². The van der Waals surface area contributed by atoms with Gasteiger partial charge in [0.2, 0.25) is 0 Å². The summed E-state index contributed by atoms with van der Waals surface area (Å²) in [6.45, 7) is 3.29. The van der Waals surface area contributed by atoms with Gasteiger partial charge in [0.25, 0.3) is 0 Å². The fourth-order valence-electron chi connectivity index (χ4n) is 2.85. The molecule has 19 heavy (non-hydrogen) atoms. The number of hydrogen-bond donors (Lipinski definition) is 1. The van der Waals surface area contributed by atoms with Crippen LogP contribution in [0.25, 0.3) is 0 Å². The molecular weight excluding hydrogens is 245 g/mol. The van der Waals surface area contributed by atoms with Crippen molar-refractivity contribution in [3.63, 3.8) is 0 Å². The Balaban J connectivity index is 2.42. The molecule has 1 heterocycles. The third-order valence-corrected chi connectivity index (χ3v) is 3.98. The number of methoxy groups -OCH3 is 2. The van der Waals surface area contributed by atoms with Crippen molar-refractivity contribution < 1.29 is 13.9 Å². The summed E-state index contributed by atoms with van der Waals surface area (Å²) >= 11 is 0. The summed E-state index contributed by atoms with van der Waals surface area (Å²) in [4.78, 5) is 0. The molecule has 0 aromatic heterocycles. The molecular formula is C15H22FNO2. The first-order valence-corrected chi connectivity index (χ1v) is 6.72.